The molecular formula is C19H18N4O2. The van der Waals surface area contributed by atoms with Crippen LogP contribution in [-0.2, 0) is 30.6 Å². The predicted octanol–water partition coefficient (Wildman–Crippen LogP) is 2.02. The highest BCUT2D eigenvalue weighted by molar-refractivity contribution is 5.82. The van der Waals surface area contributed by atoms with Crippen molar-refractivity contribution >= 4 is 16.9 Å². The number of aromatic nitrogens is 3. The molecule has 0 radical (unpaired) electrons. The number of rotatable bonds is 2. The van der Waals surface area contributed by atoms with Gasteiger partial charge in [-0.05, 0) is 34.7 Å². The number of hydrogen-bond donors (Lipinski definition) is 1. The van der Waals surface area contributed by atoms with Crippen LogP contribution in [0.25, 0.3) is 11.0 Å². The average Bonchev–Trinajstić information content (AvgIpc) is 3.29. The Bertz CT molecular complexity index is 979. The van der Waals surface area contributed by atoms with Crippen molar-refractivity contribution in [1.29, 1.82) is 0 Å². The first-order valence-electron chi connectivity index (χ1n) is 8.60. The molecule has 126 valence electrons. The number of aromatic amines is 1. The van der Waals surface area contributed by atoms with E-state index < -0.39 is 0 Å². The van der Waals surface area contributed by atoms with Crippen LogP contribution in [0, 0.1) is 0 Å². The minimum absolute atomic E-state index is 0.164. The number of H-pyrrole nitrogens is 1. The molecule has 2 aliphatic rings. The fraction of sp³-hybridized carbons (Fsp3) is 0.316. The zero-order chi connectivity index (χ0) is 16.8. The monoisotopic (exact) mass is 334 g/mol. The third-order valence-electron chi connectivity index (χ3n) is 5.14. The molecule has 1 N–H and O–H groups in total. The largest absolute Gasteiger partial charge is 0.493 e. The molecule has 2 aromatic heterocycles. The van der Waals surface area contributed by atoms with Gasteiger partial charge in [-0.15, -0.1) is 0 Å². The second-order valence-electron chi connectivity index (χ2n) is 6.68. The van der Waals surface area contributed by atoms with Gasteiger partial charge in [0.1, 0.15) is 5.75 Å². The predicted molar refractivity (Wildman–Crippen MR) is 92.4 cm³/mol. The number of pyridine rings is 1. The molecular weight excluding hydrogens is 316 g/mol. The molecule has 0 spiro atoms. The number of nitrogens with one attached hydrogen (secondary N) is 1. The maximum Gasteiger partial charge on any atom is 0.227 e. The van der Waals surface area contributed by atoms with Crippen molar-refractivity contribution in [2.45, 2.75) is 25.8 Å². The summed E-state index contributed by atoms with van der Waals surface area (Å²) in [5.74, 6) is 1.12. The molecule has 0 saturated heterocycles. The van der Waals surface area contributed by atoms with Crippen molar-refractivity contribution in [2.75, 3.05) is 13.2 Å². The lowest BCUT2D eigenvalue weighted by Gasteiger charge is -2.29. The Hall–Kier alpha value is -2.89. The van der Waals surface area contributed by atoms with Crippen molar-refractivity contribution in [2.24, 2.45) is 0 Å². The van der Waals surface area contributed by atoms with Gasteiger partial charge in [0.05, 0.1) is 19.2 Å². The summed E-state index contributed by atoms with van der Waals surface area (Å²) in [5.41, 5.74) is 5.47. The number of fused-ring (bicyclic) bond motifs is 4. The number of benzene rings is 1. The fourth-order valence-corrected chi connectivity index (χ4v) is 3.80. The molecule has 4 heterocycles. The molecule has 1 amide bonds. The van der Waals surface area contributed by atoms with Crippen LogP contribution in [0.2, 0.25) is 0 Å². The van der Waals surface area contributed by atoms with Crippen molar-refractivity contribution < 1.29 is 9.53 Å². The topological polar surface area (TPSA) is 71.1 Å². The van der Waals surface area contributed by atoms with Crippen molar-refractivity contribution in [1.82, 2.24) is 20.1 Å². The normalized spacial score (nSPS) is 15.8. The first-order valence-corrected chi connectivity index (χ1v) is 8.60. The maximum atomic E-state index is 12.7. The summed E-state index contributed by atoms with van der Waals surface area (Å²) >= 11 is 0. The fourth-order valence-electron chi connectivity index (χ4n) is 3.80. The lowest BCUT2D eigenvalue weighted by molar-refractivity contribution is -0.131. The Kier molecular flexibility index (Phi) is 3.23. The maximum absolute atomic E-state index is 12.7. The SMILES string of the molecule is O=C(Cc1ccc2c(c1)CCO2)N1CCc2c(cnc3[nH]ncc23)C1. The second-order valence-corrected chi connectivity index (χ2v) is 6.68. The van der Waals surface area contributed by atoms with Crippen LogP contribution in [0.5, 0.6) is 5.75 Å². The molecule has 6 heteroatoms. The molecule has 1 aromatic carbocycles. The standard InChI is InChI=1S/C19H18N4O2/c24-18(8-12-1-2-17-13(7-12)4-6-25-17)23-5-3-15-14(11-23)9-20-19-16(15)10-21-22-19/h1-2,7,9-10H,3-6,8,11H2,(H,20,21,22). The molecule has 0 saturated carbocycles. The Labute approximate surface area is 144 Å². The van der Waals surface area contributed by atoms with Gasteiger partial charge >= 0.3 is 0 Å². The highest BCUT2D eigenvalue weighted by Crippen LogP contribution is 2.27. The van der Waals surface area contributed by atoms with E-state index in [2.05, 4.69) is 21.2 Å². The van der Waals surface area contributed by atoms with Gasteiger partial charge in [-0.2, -0.15) is 5.10 Å². The molecule has 0 fully saturated rings. The molecule has 0 atom stereocenters. The van der Waals surface area contributed by atoms with Crippen molar-refractivity contribution in [3.8, 4) is 5.75 Å². The molecule has 6 nitrogen and oxygen atoms in total. The number of amides is 1. The third-order valence-corrected chi connectivity index (χ3v) is 5.14. The van der Waals surface area contributed by atoms with E-state index in [1.54, 1.807) is 0 Å². The minimum atomic E-state index is 0.164. The van der Waals surface area contributed by atoms with Gasteiger partial charge in [0, 0.05) is 31.1 Å². The minimum Gasteiger partial charge on any atom is -0.493 e. The first-order chi connectivity index (χ1) is 12.3. The highest BCUT2D eigenvalue weighted by atomic mass is 16.5. The molecule has 0 bridgehead atoms. The van der Waals surface area contributed by atoms with Crippen molar-refractivity contribution in [3.63, 3.8) is 0 Å². The van der Waals surface area contributed by atoms with Crippen LogP contribution in [0.3, 0.4) is 0 Å². The molecule has 2 aliphatic heterocycles. The molecule has 5 rings (SSSR count). The molecule has 25 heavy (non-hydrogen) atoms. The van der Waals surface area contributed by atoms with Gasteiger partial charge in [-0.3, -0.25) is 9.89 Å². The Morgan fingerprint density at radius 3 is 3.16 bits per heavy atom. The average molecular weight is 334 g/mol. The summed E-state index contributed by atoms with van der Waals surface area (Å²) in [6.07, 6.45) is 5.90. The van der Waals surface area contributed by atoms with Crippen LogP contribution >= 0.6 is 0 Å². The van der Waals surface area contributed by atoms with Gasteiger partial charge in [-0.1, -0.05) is 12.1 Å². The van der Waals surface area contributed by atoms with E-state index in [0.29, 0.717) is 13.0 Å². The number of ether oxygens (including phenoxy) is 1. The van der Waals surface area contributed by atoms with Gasteiger partial charge in [0.15, 0.2) is 5.65 Å². The third kappa shape index (κ3) is 2.45. The van der Waals surface area contributed by atoms with E-state index in [0.717, 1.165) is 53.9 Å². The quantitative estimate of drug-likeness (QED) is 0.778. The van der Waals surface area contributed by atoms with Gasteiger partial charge in [-0.25, -0.2) is 4.98 Å². The summed E-state index contributed by atoms with van der Waals surface area (Å²) in [6, 6.07) is 6.08. The lowest BCUT2D eigenvalue weighted by Crippen LogP contribution is -2.37. The molecule has 3 aromatic rings. The highest BCUT2D eigenvalue weighted by Gasteiger charge is 2.23. The van der Waals surface area contributed by atoms with E-state index in [-0.39, 0.29) is 5.91 Å². The zero-order valence-electron chi connectivity index (χ0n) is 13.8. The van der Waals surface area contributed by atoms with Gasteiger partial charge in [0.25, 0.3) is 0 Å². The number of hydrogen-bond acceptors (Lipinski definition) is 4. The van der Waals surface area contributed by atoms with E-state index in [9.17, 15) is 4.79 Å². The summed E-state index contributed by atoms with van der Waals surface area (Å²) < 4.78 is 5.53. The van der Waals surface area contributed by atoms with E-state index >= 15 is 0 Å². The zero-order valence-corrected chi connectivity index (χ0v) is 13.8. The lowest BCUT2D eigenvalue weighted by atomic mass is 9.98. The molecule has 0 unspecified atom stereocenters. The van der Waals surface area contributed by atoms with E-state index in [1.807, 2.05) is 29.4 Å². The summed E-state index contributed by atoms with van der Waals surface area (Å²) in [4.78, 5) is 19.1. The van der Waals surface area contributed by atoms with Crippen LogP contribution in [0.4, 0.5) is 0 Å². The Balaban J connectivity index is 1.35. The first kappa shape index (κ1) is 14.5. The van der Waals surface area contributed by atoms with E-state index in [4.69, 9.17) is 4.74 Å². The Morgan fingerprint density at radius 2 is 2.20 bits per heavy atom. The number of nitrogens with zero attached hydrogens (tertiary/aromatic N) is 3. The molecule has 0 aliphatic carbocycles. The second kappa shape index (κ2) is 5.58. The van der Waals surface area contributed by atoms with Gasteiger partial charge < -0.3 is 9.64 Å². The van der Waals surface area contributed by atoms with Crippen molar-refractivity contribution in [3.05, 3.63) is 52.8 Å². The van der Waals surface area contributed by atoms with E-state index in [1.165, 1.54) is 11.1 Å². The van der Waals surface area contributed by atoms with Crippen LogP contribution in [0.1, 0.15) is 22.3 Å². The number of carbonyl (C=O) groups excluding carboxylic acids is 1. The summed E-state index contributed by atoms with van der Waals surface area (Å²) in [6.45, 7) is 2.10. The van der Waals surface area contributed by atoms with Crippen LogP contribution < -0.4 is 4.74 Å². The number of carbonyl (C=O) groups is 1. The summed E-state index contributed by atoms with van der Waals surface area (Å²) in [5, 5.41) is 8.05. The van der Waals surface area contributed by atoms with Crippen LogP contribution in [0.15, 0.2) is 30.6 Å². The summed E-state index contributed by atoms with van der Waals surface area (Å²) in [7, 11) is 0. The van der Waals surface area contributed by atoms with Gasteiger partial charge in [0.2, 0.25) is 5.91 Å². The Morgan fingerprint density at radius 1 is 1.24 bits per heavy atom. The smallest absolute Gasteiger partial charge is 0.227 e. The van der Waals surface area contributed by atoms with Crippen LogP contribution in [-0.4, -0.2) is 39.1 Å².